The van der Waals surface area contributed by atoms with Gasteiger partial charge >= 0.3 is 0 Å². The van der Waals surface area contributed by atoms with Crippen LogP contribution in [-0.2, 0) is 6.54 Å². The van der Waals surface area contributed by atoms with Crippen LogP contribution in [0.2, 0.25) is 0 Å². The van der Waals surface area contributed by atoms with Crippen molar-refractivity contribution in [2.45, 2.75) is 40.7 Å². The summed E-state index contributed by atoms with van der Waals surface area (Å²) >= 11 is 0. The Morgan fingerprint density at radius 2 is 1.88 bits per heavy atom. The third kappa shape index (κ3) is 2.26. The number of piperidine rings is 1. The number of aryl methyl sites for hydroxylation is 2. The lowest BCUT2D eigenvalue weighted by Gasteiger charge is -2.36. The minimum absolute atomic E-state index is 0.735. The van der Waals surface area contributed by atoms with E-state index in [-0.39, 0.29) is 0 Å². The lowest BCUT2D eigenvalue weighted by atomic mass is 9.92. The van der Waals surface area contributed by atoms with Gasteiger partial charge in [-0.15, -0.1) is 0 Å². The first-order valence-corrected chi connectivity index (χ1v) is 6.60. The first kappa shape index (κ1) is 12.3. The van der Waals surface area contributed by atoms with Gasteiger partial charge in [0.15, 0.2) is 5.82 Å². The summed E-state index contributed by atoms with van der Waals surface area (Å²) < 4.78 is 2.04. The molecule has 0 radical (unpaired) electrons. The van der Waals surface area contributed by atoms with Crippen molar-refractivity contribution in [1.29, 1.82) is 0 Å². The molecule has 0 saturated carbocycles. The molecule has 0 spiro atoms. The molecule has 4 nitrogen and oxygen atoms in total. The van der Waals surface area contributed by atoms with E-state index in [0.717, 1.165) is 48.7 Å². The molecule has 1 aliphatic rings. The van der Waals surface area contributed by atoms with E-state index < -0.39 is 0 Å². The highest BCUT2D eigenvalue weighted by Crippen LogP contribution is 2.31. The molecule has 0 amide bonds. The van der Waals surface area contributed by atoms with Gasteiger partial charge < -0.3 is 10.6 Å². The fourth-order valence-electron chi connectivity index (χ4n) is 2.97. The molecule has 1 aliphatic heterocycles. The van der Waals surface area contributed by atoms with Gasteiger partial charge in [-0.25, -0.2) is 4.68 Å². The molecule has 17 heavy (non-hydrogen) atoms. The fraction of sp³-hybridized carbons (Fsp3) is 0.769. The average Bonchev–Trinajstić information content (AvgIpc) is 2.53. The fourth-order valence-corrected chi connectivity index (χ4v) is 2.97. The molecule has 1 aromatic heterocycles. The molecule has 0 aromatic carbocycles. The molecule has 2 N–H and O–H groups in total. The van der Waals surface area contributed by atoms with E-state index in [1.54, 1.807) is 0 Å². The molecular formula is C13H24N4. The number of hydrogen-bond donors (Lipinski definition) is 1. The average molecular weight is 236 g/mol. The Labute approximate surface area is 104 Å². The predicted molar refractivity (Wildman–Crippen MR) is 72.2 cm³/mol. The largest absolute Gasteiger partial charge is 0.394 e. The third-order valence-electron chi connectivity index (χ3n) is 3.61. The first-order chi connectivity index (χ1) is 8.02. The molecule has 1 fully saturated rings. The molecule has 0 bridgehead atoms. The van der Waals surface area contributed by atoms with Crippen LogP contribution in [0.25, 0.3) is 0 Å². The van der Waals surface area contributed by atoms with Crippen LogP contribution < -0.4 is 10.6 Å². The normalized spacial score (nSPS) is 25.3. The summed E-state index contributed by atoms with van der Waals surface area (Å²) in [5, 5.41) is 4.50. The minimum Gasteiger partial charge on any atom is -0.394 e. The molecule has 0 aliphatic carbocycles. The SMILES string of the molecule is CCn1nc(C)c(N)c1N1CC(C)CC(C)C1. The van der Waals surface area contributed by atoms with Crippen molar-refractivity contribution >= 4 is 11.5 Å². The maximum atomic E-state index is 6.18. The molecule has 2 rings (SSSR count). The third-order valence-corrected chi connectivity index (χ3v) is 3.61. The highest BCUT2D eigenvalue weighted by atomic mass is 15.4. The summed E-state index contributed by atoms with van der Waals surface area (Å²) in [5.41, 5.74) is 7.98. The summed E-state index contributed by atoms with van der Waals surface area (Å²) in [6.07, 6.45) is 1.32. The van der Waals surface area contributed by atoms with Gasteiger partial charge in [-0.3, -0.25) is 0 Å². The van der Waals surface area contributed by atoms with Crippen molar-refractivity contribution in [1.82, 2.24) is 9.78 Å². The lowest BCUT2D eigenvalue weighted by molar-refractivity contribution is 0.352. The Kier molecular flexibility index (Phi) is 3.31. The van der Waals surface area contributed by atoms with Crippen LogP contribution in [-0.4, -0.2) is 22.9 Å². The summed E-state index contributed by atoms with van der Waals surface area (Å²) in [4.78, 5) is 2.41. The van der Waals surface area contributed by atoms with Crippen LogP contribution in [0.1, 0.15) is 32.9 Å². The van der Waals surface area contributed by atoms with E-state index in [1.165, 1.54) is 6.42 Å². The maximum absolute atomic E-state index is 6.18. The van der Waals surface area contributed by atoms with Gasteiger partial charge in [0.25, 0.3) is 0 Å². The Morgan fingerprint density at radius 3 is 2.41 bits per heavy atom. The van der Waals surface area contributed by atoms with Gasteiger partial charge in [0.1, 0.15) is 0 Å². The molecule has 1 aromatic rings. The zero-order chi connectivity index (χ0) is 12.6. The standard InChI is InChI=1S/C13H24N4/c1-5-17-13(12(14)11(4)15-17)16-7-9(2)6-10(3)8-16/h9-10H,5-8,14H2,1-4H3. The predicted octanol–water partition coefficient (Wildman–Crippen LogP) is 2.28. The Hall–Kier alpha value is -1.19. The van der Waals surface area contributed by atoms with Crippen LogP contribution in [0, 0.1) is 18.8 Å². The van der Waals surface area contributed by atoms with E-state index in [9.17, 15) is 0 Å². The Bertz CT molecular complexity index is 386. The van der Waals surface area contributed by atoms with Crippen molar-refractivity contribution in [3.63, 3.8) is 0 Å². The van der Waals surface area contributed by atoms with Gasteiger partial charge in [-0.1, -0.05) is 13.8 Å². The summed E-state index contributed by atoms with van der Waals surface area (Å²) in [7, 11) is 0. The van der Waals surface area contributed by atoms with Crippen LogP contribution in [0.15, 0.2) is 0 Å². The van der Waals surface area contributed by atoms with Crippen LogP contribution in [0.4, 0.5) is 11.5 Å². The number of rotatable bonds is 2. The van der Waals surface area contributed by atoms with Gasteiger partial charge in [-0.05, 0) is 32.1 Å². The summed E-state index contributed by atoms with van der Waals surface area (Å²) in [5.74, 6) is 2.60. The molecule has 4 heteroatoms. The van der Waals surface area contributed by atoms with Gasteiger partial charge in [0.2, 0.25) is 0 Å². The van der Waals surface area contributed by atoms with E-state index in [4.69, 9.17) is 5.73 Å². The van der Waals surface area contributed by atoms with Gasteiger partial charge in [0, 0.05) is 19.6 Å². The highest BCUT2D eigenvalue weighted by Gasteiger charge is 2.26. The number of aromatic nitrogens is 2. The van der Waals surface area contributed by atoms with E-state index >= 15 is 0 Å². The second-order valence-corrected chi connectivity index (χ2v) is 5.49. The smallest absolute Gasteiger partial charge is 0.150 e. The van der Waals surface area contributed by atoms with E-state index in [1.807, 2.05) is 11.6 Å². The maximum Gasteiger partial charge on any atom is 0.150 e. The summed E-state index contributed by atoms with van der Waals surface area (Å²) in [6, 6.07) is 0. The topological polar surface area (TPSA) is 47.1 Å². The Morgan fingerprint density at radius 1 is 1.29 bits per heavy atom. The molecule has 1 saturated heterocycles. The van der Waals surface area contributed by atoms with E-state index in [0.29, 0.717) is 0 Å². The van der Waals surface area contributed by atoms with Crippen molar-refractivity contribution in [2.24, 2.45) is 11.8 Å². The summed E-state index contributed by atoms with van der Waals surface area (Å²) in [6.45, 7) is 11.8. The number of nitrogen functional groups attached to an aromatic ring is 1. The number of nitrogens with zero attached hydrogens (tertiary/aromatic N) is 3. The van der Waals surface area contributed by atoms with Crippen LogP contribution >= 0.6 is 0 Å². The van der Waals surface area contributed by atoms with Gasteiger partial charge in [0.05, 0.1) is 11.4 Å². The second-order valence-electron chi connectivity index (χ2n) is 5.49. The quantitative estimate of drug-likeness (QED) is 0.857. The molecular weight excluding hydrogens is 212 g/mol. The second kappa shape index (κ2) is 4.59. The molecule has 2 unspecified atom stereocenters. The monoisotopic (exact) mass is 236 g/mol. The lowest BCUT2D eigenvalue weighted by Crippen LogP contribution is -2.40. The number of hydrogen-bond acceptors (Lipinski definition) is 3. The molecule has 96 valence electrons. The van der Waals surface area contributed by atoms with Crippen molar-refractivity contribution in [3.05, 3.63) is 5.69 Å². The van der Waals surface area contributed by atoms with E-state index in [2.05, 4.69) is 30.8 Å². The van der Waals surface area contributed by atoms with Crippen LogP contribution in [0.5, 0.6) is 0 Å². The Balaban J connectivity index is 2.32. The highest BCUT2D eigenvalue weighted by molar-refractivity contribution is 5.66. The molecule has 2 atom stereocenters. The van der Waals surface area contributed by atoms with Crippen molar-refractivity contribution in [2.75, 3.05) is 23.7 Å². The van der Waals surface area contributed by atoms with Crippen LogP contribution in [0.3, 0.4) is 0 Å². The molecule has 2 heterocycles. The number of anilines is 2. The van der Waals surface area contributed by atoms with Gasteiger partial charge in [-0.2, -0.15) is 5.10 Å². The number of nitrogens with two attached hydrogens (primary N) is 1. The zero-order valence-corrected chi connectivity index (χ0v) is 11.4. The first-order valence-electron chi connectivity index (χ1n) is 6.60. The zero-order valence-electron chi connectivity index (χ0n) is 11.4. The van der Waals surface area contributed by atoms with Crippen molar-refractivity contribution < 1.29 is 0 Å². The minimum atomic E-state index is 0.735. The van der Waals surface area contributed by atoms with Crippen molar-refractivity contribution in [3.8, 4) is 0 Å².